The van der Waals surface area contributed by atoms with Gasteiger partial charge >= 0.3 is 6.18 Å². The predicted octanol–water partition coefficient (Wildman–Crippen LogP) is 8.37. The summed E-state index contributed by atoms with van der Waals surface area (Å²) in [5.41, 5.74) is 3.25. The molecule has 4 saturated carbocycles. The summed E-state index contributed by atoms with van der Waals surface area (Å²) in [6.07, 6.45) is 7.68. The number of hydrogen-bond acceptors (Lipinski definition) is 0. The van der Waals surface area contributed by atoms with Crippen LogP contribution >= 0.6 is 0 Å². The minimum Gasteiger partial charge on any atom is -0.171 e. The molecule has 0 saturated heterocycles. The van der Waals surface area contributed by atoms with E-state index < -0.39 is 12.1 Å². The summed E-state index contributed by atoms with van der Waals surface area (Å²) < 4.78 is 40.0. The Balaban J connectivity index is 1.24. The van der Waals surface area contributed by atoms with E-state index in [-0.39, 0.29) is 0 Å². The van der Waals surface area contributed by atoms with Crippen LogP contribution in [0.15, 0.2) is 24.3 Å². The molecule has 0 bridgehead atoms. The Labute approximate surface area is 186 Å². The van der Waals surface area contributed by atoms with Gasteiger partial charge in [-0.05, 0) is 124 Å². The van der Waals surface area contributed by atoms with Crippen LogP contribution in [0, 0.1) is 53.8 Å². The van der Waals surface area contributed by atoms with E-state index in [2.05, 4.69) is 38.1 Å². The van der Waals surface area contributed by atoms with Crippen LogP contribution < -0.4 is 0 Å². The number of benzene rings is 1. The van der Waals surface area contributed by atoms with Crippen LogP contribution in [-0.4, -0.2) is 6.18 Å². The molecule has 0 radical (unpaired) electrons. The van der Waals surface area contributed by atoms with Crippen molar-refractivity contribution in [1.82, 2.24) is 0 Å². The standard InChI is InChI=1S/C28H39F3/c1-18-3-5-19(6-4-18)7-9-21-11-14-26-25-12-8-20-17-22(28(29,30)31)10-13-23(20)24(25)15-16-27(21,26)2/h3-6,20-26H,7-17H2,1-2H3/t20-,21?,22+,23+,24?,25-,26?,27-/m1/s1. The second-order valence-corrected chi connectivity index (χ2v) is 11.8. The molecule has 172 valence electrons. The van der Waals surface area contributed by atoms with Crippen molar-refractivity contribution in [3.05, 3.63) is 35.4 Å². The van der Waals surface area contributed by atoms with Crippen LogP contribution in [0.1, 0.15) is 82.3 Å². The van der Waals surface area contributed by atoms with Crippen molar-refractivity contribution in [3.8, 4) is 0 Å². The van der Waals surface area contributed by atoms with E-state index in [4.69, 9.17) is 0 Å². The molecule has 8 atom stereocenters. The minimum atomic E-state index is -3.98. The molecule has 0 aromatic heterocycles. The normalized spacial score (nSPS) is 42.5. The summed E-state index contributed by atoms with van der Waals surface area (Å²) in [6.45, 7) is 4.72. The van der Waals surface area contributed by atoms with Gasteiger partial charge < -0.3 is 0 Å². The molecule has 4 fully saturated rings. The summed E-state index contributed by atoms with van der Waals surface area (Å²) in [6, 6.07) is 9.04. The van der Waals surface area contributed by atoms with Crippen LogP contribution in [0.25, 0.3) is 0 Å². The molecule has 0 N–H and O–H groups in total. The van der Waals surface area contributed by atoms with Crippen LogP contribution in [0.5, 0.6) is 0 Å². The van der Waals surface area contributed by atoms with Gasteiger partial charge in [-0.3, -0.25) is 0 Å². The van der Waals surface area contributed by atoms with Crippen molar-refractivity contribution in [2.75, 3.05) is 0 Å². The van der Waals surface area contributed by atoms with E-state index in [1.54, 1.807) is 0 Å². The quantitative estimate of drug-likeness (QED) is 0.450. The molecule has 31 heavy (non-hydrogen) atoms. The number of halogens is 3. The van der Waals surface area contributed by atoms with Crippen molar-refractivity contribution in [2.45, 2.75) is 90.7 Å². The van der Waals surface area contributed by atoms with E-state index in [0.717, 1.165) is 30.6 Å². The van der Waals surface area contributed by atoms with Gasteiger partial charge in [0.25, 0.3) is 0 Å². The number of rotatable bonds is 3. The smallest absolute Gasteiger partial charge is 0.171 e. The zero-order valence-corrected chi connectivity index (χ0v) is 19.3. The molecular formula is C28H39F3. The van der Waals surface area contributed by atoms with Crippen molar-refractivity contribution in [2.24, 2.45) is 46.8 Å². The molecule has 3 unspecified atom stereocenters. The average Bonchev–Trinajstić information content (AvgIpc) is 3.08. The van der Waals surface area contributed by atoms with Gasteiger partial charge in [-0.2, -0.15) is 13.2 Å². The fraction of sp³-hybridized carbons (Fsp3) is 0.786. The van der Waals surface area contributed by atoms with Gasteiger partial charge in [-0.25, -0.2) is 0 Å². The van der Waals surface area contributed by atoms with Gasteiger partial charge in [-0.15, -0.1) is 0 Å². The second kappa shape index (κ2) is 8.10. The zero-order valence-electron chi connectivity index (χ0n) is 19.3. The first-order valence-electron chi connectivity index (χ1n) is 12.9. The van der Waals surface area contributed by atoms with E-state index >= 15 is 0 Å². The lowest BCUT2D eigenvalue weighted by Gasteiger charge is -2.56. The molecule has 1 aromatic rings. The maximum atomic E-state index is 13.3. The Morgan fingerprint density at radius 2 is 1.61 bits per heavy atom. The van der Waals surface area contributed by atoms with Crippen LogP contribution in [0.4, 0.5) is 13.2 Å². The fourth-order valence-corrected chi connectivity index (χ4v) is 8.83. The maximum absolute atomic E-state index is 13.3. The lowest BCUT2D eigenvalue weighted by Crippen LogP contribution is -2.49. The van der Waals surface area contributed by atoms with Crippen LogP contribution in [0.2, 0.25) is 0 Å². The number of hydrogen-bond donors (Lipinski definition) is 0. The Morgan fingerprint density at radius 3 is 2.35 bits per heavy atom. The fourth-order valence-electron chi connectivity index (χ4n) is 8.83. The number of aryl methyl sites for hydroxylation is 2. The molecule has 4 aliphatic rings. The monoisotopic (exact) mass is 432 g/mol. The molecule has 0 amide bonds. The molecule has 5 rings (SSSR count). The van der Waals surface area contributed by atoms with Gasteiger partial charge in [0.1, 0.15) is 0 Å². The highest BCUT2D eigenvalue weighted by atomic mass is 19.4. The molecular weight excluding hydrogens is 393 g/mol. The predicted molar refractivity (Wildman–Crippen MR) is 120 cm³/mol. The Morgan fingerprint density at radius 1 is 0.871 bits per heavy atom. The number of fused-ring (bicyclic) bond motifs is 5. The summed E-state index contributed by atoms with van der Waals surface area (Å²) in [5, 5.41) is 0. The third-order valence-electron chi connectivity index (χ3n) is 10.5. The van der Waals surface area contributed by atoms with E-state index in [0.29, 0.717) is 36.0 Å². The zero-order chi connectivity index (χ0) is 21.8. The van der Waals surface area contributed by atoms with Gasteiger partial charge in [0.15, 0.2) is 0 Å². The molecule has 0 heterocycles. The van der Waals surface area contributed by atoms with Crippen molar-refractivity contribution in [3.63, 3.8) is 0 Å². The second-order valence-electron chi connectivity index (χ2n) is 11.8. The largest absolute Gasteiger partial charge is 0.391 e. The van der Waals surface area contributed by atoms with E-state index in [1.807, 2.05) is 0 Å². The summed E-state index contributed by atoms with van der Waals surface area (Å²) >= 11 is 0. The first-order chi connectivity index (χ1) is 14.8. The molecule has 1 aromatic carbocycles. The highest BCUT2D eigenvalue weighted by molar-refractivity contribution is 5.21. The summed E-state index contributed by atoms with van der Waals surface area (Å²) in [4.78, 5) is 0. The number of alkyl halides is 3. The lowest BCUT2D eigenvalue weighted by molar-refractivity contribution is -0.196. The van der Waals surface area contributed by atoms with Crippen molar-refractivity contribution >= 4 is 0 Å². The van der Waals surface area contributed by atoms with Gasteiger partial charge in [0.05, 0.1) is 5.92 Å². The summed E-state index contributed by atoms with van der Waals surface area (Å²) in [7, 11) is 0. The van der Waals surface area contributed by atoms with Crippen LogP contribution in [-0.2, 0) is 6.42 Å². The van der Waals surface area contributed by atoms with Gasteiger partial charge in [0.2, 0.25) is 0 Å². The third-order valence-corrected chi connectivity index (χ3v) is 10.5. The minimum absolute atomic E-state index is 0.338. The molecule has 4 aliphatic carbocycles. The van der Waals surface area contributed by atoms with Crippen molar-refractivity contribution in [1.29, 1.82) is 0 Å². The molecule has 0 aliphatic heterocycles. The SMILES string of the molecule is Cc1ccc(CCC2CCC3[C@@H]4CC[C@@H]5C[C@@H](C(F)(F)F)CC[C@@H]5C4CC[C@]23C)cc1. The highest BCUT2D eigenvalue weighted by Crippen LogP contribution is 2.65. The van der Waals surface area contributed by atoms with Gasteiger partial charge in [-0.1, -0.05) is 36.8 Å². The first-order valence-corrected chi connectivity index (χ1v) is 12.9. The third kappa shape index (κ3) is 3.97. The first kappa shape index (κ1) is 21.8. The maximum Gasteiger partial charge on any atom is 0.391 e. The Hall–Kier alpha value is -0.990. The van der Waals surface area contributed by atoms with E-state index in [1.165, 1.54) is 56.1 Å². The molecule has 0 spiro atoms. The molecule has 0 nitrogen and oxygen atoms in total. The Kier molecular flexibility index (Phi) is 5.70. The average molecular weight is 433 g/mol. The van der Waals surface area contributed by atoms with E-state index in [9.17, 15) is 13.2 Å². The lowest BCUT2D eigenvalue weighted by atomic mass is 9.49. The van der Waals surface area contributed by atoms with Crippen LogP contribution in [0.3, 0.4) is 0 Å². The summed E-state index contributed by atoms with van der Waals surface area (Å²) in [5.74, 6) is 3.01. The van der Waals surface area contributed by atoms with Gasteiger partial charge in [0, 0.05) is 0 Å². The Bertz CT molecular complexity index is 765. The topological polar surface area (TPSA) is 0 Å². The molecule has 3 heteroatoms. The highest BCUT2D eigenvalue weighted by Gasteiger charge is 2.57. The van der Waals surface area contributed by atoms with Crippen molar-refractivity contribution < 1.29 is 13.2 Å².